The molecule has 0 N–H and O–H groups in total. The van der Waals surface area contributed by atoms with Gasteiger partial charge in [0, 0.05) is 23.7 Å². The van der Waals surface area contributed by atoms with E-state index in [2.05, 4.69) is 0 Å². The molecule has 2 aromatic carbocycles. The summed E-state index contributed by atoms with van der Waals surface area (Å²) in [6.07, 6.45) is 0.455. The maximum absolute atomic E-state index is 12.6. The molecular weight excluding hydrogens is 334 g/mol. The van der Waals surface area contributed by atoms with Crippen LogP contribution >= 0.6 is 11.6 Å². The Kier molecular flexibility index (Phi) is 4.41. The van der Waals surface area contributed by atoms with Gasteiger partial charge in [0.2, 0.25) is 0 Å². The fourth-order valence-electron chi connectivity index (χ4n) is 2.74. The number of nitrogens with zero attached hydrogens (tertiary/aromatic N) is 1. The van der Waals surface area contributed by atoms with Crippen LogP contribution in [0.2, 0.25) is 5.02 Å². The minimum Gasteiger partial charge on any atom is -0.337 e. The van der Waals surface area contributed by atoms with Crippen LogP contribution in [-0.2, 0) is 9.84 Å². The number of hydrogen-bond acceptors (Lipinski definition) is 3. The van der Waals surface area contributed by atoms with E-state index in [-0.39, 0.29) is 12.5 Å². The van der Waals surface area contributed by atoms with Gasteiger partial charge in [0.05, 0.1) is 10.1 Å². The Morgan fingerprint density at radius 1 is 1.04 bits per heavy atom. The minimum atomic E-state index is -3.41. The normalized spacial score (nSPS) is 18.1. The topological polar surface area (TPSA) is 54.5 Å². The molecule has 0 aliphatic carbocycles. The molecule has 1 heterocycles. The van der Waals surface area contributed by atoms with E-state index in [0.717, 1.165) is 0 Å². The van der Waals surface area contributed by atoms with Crippen molar-refractivity contribution in [3.8, 4) is 0 Å². The first-order valence-electron chi connectivity index (χ1n) is 7.32. The van der Waals surface area contributed by atoms with Crippen LogP contribution in [0.25, 0.3) is 0 Å². The maximum atomic E-state index is 12.6. The fourth-order valence-corrected chi connectivity index (χ4v) is 4.58. The van der Waals surface area contributed by atoms with E-state index in [9.17, 15) is 13.2 Å². The molecule has 23 heavy (non-hydrogen) atoms. The number of benzene rings is 2. The Balaban J connectivity index is 1.76. The van der Waals surface area contributed by atoms with Crippen molar-refractivity contribution in [3.63, 3.8) is 0 Å². The number of amides is 1. The molecular formula is C17H16ClNO3S. The molecule has 120 valence electrons. The molecule has 6 heteroatoms. The number of rotatable bonds is 3. The Bertz CT molecular complexity index is 803. The molecule has 1 fully saturated rings. The second kappa shape index (κ2) is 6.34. The highest BCUT2D eigenvalue weighted by Gasteiger charge is 2.36. The van der Waals surface area contributed by atoms with Crippen LogP contribution in [0.1, 0.15) is 16.8 Å². The third-order valence-electron chi connectivity index (χ3n) is 4.03. The molecule has 3 rings (SSSR count). The van der Waals surface area contributed by atoms with Crippen molar-refractivity contribution in [2.75, 3.05) is 13.1 Å². The molecule has 0 spiro atoms. The highest BCUT2D eigenvalue weighted by Crippen LogP contribution is 2.25. The molecule has 2 aromatic rings. The molecule has 1 amide bonds. The van der Waals surface area contributed by atoms with E-state index in [1.165, 1.54) is 0 Å². The van der Waals surface area contributed by atoms with Gasteiger partial charge in [0.15, 0.2) is 9.84 Å². The number of carbonyl (C=O) groups excluding carboxylic acids is 1. The third-order valence-corrected chi connectivity index (χ3v) is 6.48. The van der Waals surface area contributed by atoms with Gasteiger partial charge in [-0.05, 0) is 42.8 Å². The summed E-state index contributed by atoms with van der Waals surface area (Å²) in [5.41, 5.74) is 0.521. The standard InChI is InChI=1S/C17H16ClNO3S/c18-14-8-6-13(7-9-14)17(20)19-11-10-16(12-19)23(21,22)15-4-2-1-3-5-15/h1-9,16H,10-12H2. The molecule has 1 saturated heterocycles. The second-order valence-corrected chi connectivity index (χ2v) is 8.19. The lowest BCUT2D eigenvalue weighted by molar-refractivity contribution is 0.0793. The lowest BCUT2D eigenvalue weighted by Gasteiger charge is -2.17. The molecule has 1 atom stereocenters. The first-order valence-corrected chi connectivity index (χ1v) is 9.25. The van der Waals surface area contributed by atoms with Gasteiger partial charge in [-0.3, -0.25) is 4.79 Å². The molecule has 1 aliphatic rings. The van der Waals surface area contributed by atoms with Crippen LogP contribution in [0.5, 0.6) is 0 Å². The fraction of sp³-hybridized carbons (Fsp3) is 0.235. The number of carbonyl (C=O) groups is 1. The monoisotopic (exact) mass is 349 g/mol. The van der Waals surface area contributed by atoms with Crippen molar-refractivity contribution < 1.29 is 13.2 Å². The van der Waals surface area contributed by atoms with E-state index in [0.29, 0.717) is 28.4 Å². The van der Waals surface area contributed by atoms with Crippen molar-refractivity contribution >= 4 is 27.3 Å². The first kappa shape index (κ1) is 16.0. The second-order valence-electron chi connectivity index (χ2n) is 5.53. The van der Waals surface area contributed by atoms with Gasteiger partial charge in [-0.2, -0.15) is 0 Å². The zero-order valence-corrected chi connectivity index (χ0v) is 13.9. The van der Waals surface area contributed by atoms with Crippen molar-refractivity contribution in [2.45, 2.75) is 16.6 Å². The van der Waals surface area contributed by atoms with Gasteiger partial charge in [-0.1, -0.05) is 29.8 Å². The van der Waals surface area contributed by atoms with Crippen LogP contribution < -0.4 is 0 Å². The average Bonchev–Trinajstić information content (AvgIpc) is 3.06. The predicted molar refractivity (Wildman–Crippen MR) is 89.4 cm³/mol. The third kappa shape index (κ3) is 3.26. The molecule has 0 bridgehead atoms. The molecule has 1 aliphatic heterocycles. The Morgan fingerprint density at radius 2 is 1.70 bits per heavy atom. The largest absolute Gasteiger partial charge is 0.337 e. The van der Waals surface area contributed by atoms with E-state index in [1.54, 1.807) is 59.5 Å². The van der Waals surface area contributed by atoms with Gasteiger partial charge in [-0.15, -0.1) is 0 Å². The highest BCUT2D eigenvalue weighted by atomic mass is 35.5. The van der Waals surface area contributed by atoms with Crippen molar-refractivity contribution in [1.29, 1.82) is 0 Å². The van der Waals surface area contributed by atoms with Crippen LogP contribution in [0.3, 0.4) is 0 Å². The van der Waals surface area contributed by atoms with Crippen LogP contribution in [0.15, 0.2) is 59.5 Å². The SMILES string of the molecule is O=C(c1ccc(Cl)cc1)N1CCC(S(=O)(=O)c2ccccc2)C1. The lowest BCUT2D eigenvalue weighted by Crippen LogP contribution is -2.31. The van der Waals surface area contributed by atoms with Gasteiger partial charge >= 0.3 is 0 Å². The van der Waals surface area contributed by atoms with E-state index in [4.69, 9.17) is 11.6 Å². The summed E-state index contributed by atoms with van der Waals surface area (Å²) >= 11 is 5.82. The van der Waals surface area contributed by atoms with E-state index >= 15 is 0 Å². The molecule has 0 radical (unpaired) electrons. The van der Waals surface area contributed by atoms with Crippen molar-refractivity contribution in [2.24, 2.45) is 0 Å². The molecule has 1 unspecified atom stereocenters. The Morgan fingerprint density at radius 3 is 2.35 bits per heavy atom. The van der Waals surface area contributed by atoms with E-state index < -0.39 is 15.1 Å². The van der Waals surface area contributed by atoms with Crippen molar-refractivity contribution in [3.05, 3.63) is 65.2 Å². The lowest BCUT2D eigenvalue weighted by atomic mass is 10.2. The van der Waals surface area contributed by atoms with Gasteiger partial charge in [-0.25, -0.2) is 8.42 Å². The smallest absolute Gasteiger partial charge is 0.253 e. The molecule has 0 saturated carbocycles. The number of likely N-dealkylation sites (tertiary alicyclic amines) is 1. The van der Waals surface area contributed by atoms with Crippen molar-refractivity contribution in [1.82, 2.24) is 4.90 Å². The van der Waals surface area contributed by atoms with E-state index in [1.807, 2.05) is 0 Å². The number of halogens is 1. The quantitative estimate of drug-likeness (QED) is 0.855. The number of sulfone groups is 1. The Labute approximate surface area is 140 Å². The molecule has 4 nitrogen and oxygen atoms in total. The summed E-state index contributed by atoms with van der Waals surface area (Å²) < 4.78 is 25.3. The zero-order valence-electron chi connectivity index (χ0n) is 12.4. The average molecular weight is 350 g/mol. The summed E-state index contributed by atoms with van der Waals surface area (Å²) in [6, 6.07) is 15.0. The summed E-state index contributed by atoms with van der Waals surface area (Å²) in [6.45, 7) is 0.664. The summed E-state index contributed by atoms with van der Waals surface area (Å²) in [7, 11) is -3.41. The maximum Gasteiger partial charge on any atom is 0.253 e. The number of hydrogen-bond donors (Lipinski definition) is 0. The Hall–Kier alpha value is -1.85. The van der Waals surface area contributed by atoms with Gasteiger partial charge < -0.3 is 4.90 Å². The zero-order chi connectivity index (χ0) is 16.4. The summed E-state index contributed by atoms with van der Waals surface area (Å²) in [5.74, 6) is -0.160. The predicted octanol–water partition coefficient (Wildman–Crippen LogP) is 3.03. The van der Waals surface area contributed by atoms with Gasteiger partial charge in [0.1, 0.15) is 0 Å². The molecule has 0 aromatic heterocycles. The van der Waals surface area contributed by atoms with Gasteiger partial charge in [0.25, 0.3) is 5.91 Å². The summed E-state index contributed by atoms with van der Waals surface area (Å²) in [4.78, 5) is 14.4. The highest BCUT2D eigenvalue weighted by molar-refractivity contribution is 7.92. The van der Waals surface area contributed by atoms with Crippen LogP contribution in [-0.4, -0.2) is 37.6 Å². The van der Waals surface area contributed by atoms with Crippen LogP contribution in [0.4, 0.5) is 0 Å². The summed E-state index contributed by atoms with van der Waals surface area (Å²) in [5, 5.41) is 0.00801. The first-order chi connectivity index (χ1) is 11.0. The van der Waals surface area contributed by atoms with Crippen LogP contribution in [0, 0.1) is 0 Å². The minimum absolute atomic E-state index is 0.160.